The summed E-state index contributed by atoms with van der Waals surface area (Å²) in [5, 5.41) is 17.5. The quantitative estimate of drug-likeness (QED) is 0.419. The minimum absolute atomic E-state index is 0.305. The Morgan fingerprint density at radius 2 is 2.03 bits per heavy atom. The van der Waals surface area contributed by atoms with E-state index in [2.05, 4.69) is 39.4 Å². The molecule has 1 unspecified atom stereocenters. The summed E-state index contributed by atoms with van der Waals surface area (Å²) >= 11 is 0. The lowest BCUT2D eigenvalue weighted by molar-refractivity contribution is 0.139. The van der Waals surface area contributed by atoms with E-state index in [1.807, 2.05) is 31.5 Å². The Labute approximate surface area is 192 Å². The van der Waals surface area contributed by atoms with Crippen molar-refractivity contribution in [2.45, 2.75) is 38.8 Å². The fourth-order valence-electron chi connectivity index (χ4n) is 5.14. The van der Waals surface area contributed by atoms with Crippen LogP contribution < -0.4 is 4.74 Å². The van der Waals surface area contributed by atoms with E-state index in [9.17, 15) is 9.90 Å². The van der Waals surface area contributed by atoms with Crippen molar-refractivity contribution in [2.75, 3.05) is 13.7 Å². The number of aryl methyl sites for hydroxylation is 1. The van der Waals surface area contributed by atoms with Crippen LogP contribution in [-0.2, 0) is 6.54 Å². The minimum Gasteiger partial charge on any atom is -0.496 e. The lowest BCUT2D eigenvalue weighted by Crippen LogP contribution is -2.33. The van der Waals surface area contributed by atoms with Crippen LogP contribution in [0.3, 0.4) is 0 Å². The van der Waals surface area contributed by atoms with E-state index in [1.165, 1.54) is 16.6 Å². The monoisotopic (exact) mass is 444 g/mol. The molecule has 0 bridgehead atoms. The molecular formula is C26H28N4O3. The van der Waals surface area contributed by atoms with Gasteiger partial charge in [-0.3, -0.25) is 14.6 Å². The van der Waals surface area contributed by atoms with E-state index >= 15 is 0 Å². The maximum absolute atomic E-state index is 11.7. The van der Waals surface area contributed by atoms with Gasteiger partial charge in [0.2, 0.25) is 0 Å². The van der Waals surface area contributed by atoms with Crippen LogP contribution >= 0.6 is 0 Å². The van der Waals surface area contributed by atoms with Gasteiger partial charge in [-0.25, -0.2) is 4.79 Å². The zero-order valence-electron chi connectivity index (χ0n) is 18.9. The standard InChI is InChI=1S/C26H28N4O3/c1-17-13-24(33-2)22(21-10-12-30(25(17)21)26(31)32)16-29-11-4-3-5-23(29)19-8-6-18(7-9-19)20-14-27-28-15-20/h6-10,12-15,23H,3-5,11,16H2,1-2H3,(H,27,28)(H,31,32). The Bertz CT molecular complexity index is 1280. The average Bonchev–Trinajstić information content (AvgIpc) is 3.52. The second-order valence-electron chi connectivity index (χ2n) is 8.70. The van der Waals surface area contributed by atoms with Crippen LogP contribution in [0, 0.1) is 6.92 Å². The molecule has 1 aliphatic heterocycles. The number of aromatic nitrogens is 3. The first-order valence-corrected chi connectivity index (χ1v) is 11.3. The van der Waals surface area contributed by atoms with Crippen LogP contribution in [0.4, 0.5) is 4.79 Å². The van der Waals surface area contributed by atoms with Crippen molar-refractivity contribution < 1.29 is 14.6 Å². The number of hydrogen-bond donors (Lipinski definition) is 2. The molecule has 170 valence electrons. The Balaban J connectivity index is 1.50. The molecule has 1 aliphatic rings. The van der Waals surface area contributed by atoms with Crippen LogP contribution in [-0.4, -0.2) is 44.5 Å². The number of carbonyl (C=O) groups is 1. The summed E-state index contributed by atoms with van der Waals surface area (Å²) in [4.78, 5) is 14.3. The van der Waals surface area contributed by atoms with Crippen LogP contribution in [0.15, 0.2) is 55.0 Å². The highest BCUT2D eigenvalue weighted by Crippen LogP contribution is 2.38. The molecule has 7 heteroatoms. The molecule has 5 rings (SSSR count). The highest BCUT2D eigenvalue weighted by Gasteiger charge is 2.27. The van der Waals surface area contributed by atoms with Crippen LogP contribution in [0.2, 0.25) is 0 Å². The predicted molar refractivity (Wildman–Crippen MR) is 128 cm³/mol. The highest BCUT2D eigenvalue weighted by atomic mass is 16.5. The number of likely N-dealkylation sites (tertiary alicyclic amines) is 1. The molecule has 3 heterocycles. The van der Waals surface area contributed by atoms with E-state index in [0.29, 0.717) is 12.6 Å². The van der Waals surface area contributed by atoms with Crippen molar-refractivity contribution in [3.8, 4) is 16.9 Å². The third kappa shape index (κ3) is 3.89. The molecule has 2 aromatic heterocycles. The number of aromatic amines is 1. The number of nitrogens with zero attached hydrogens (tertiary/aromatic N) is 3. The zero-order valence-corrected chi connectivity index (χ0v) is 18.9. The Hall–Kier alpha value is -3.58. The summed E-state index contributed by atoms with van der Waals surface area (Å²) < 4.78 is 7.05. The van der Waals surface area contributed by atoms with Gasteiger partial charge < -0.3 is 9.84 Å². The topological polar surface area (TPSA) is 83.4 Å². The molecule has 0 aliphatic carbocycles. The SMILES string of the molecule is COc1cc(C)c2c(ccn2C(=O)O)c1CN1CCCCC1c1ccc(-c2cn[nH]c2)cc1. The number of ether oxygens (including phenoxy) is 1. The van der Waals surface area contributed by atoms with Crippen molar-refractivity contribution in [3.63, 3.8) is 0 Å². The van der Waals surface area contributed by atoms with Gasteiger partial charge in [0.25, 0.3) is 0 Å². The zero-order chi connectivity index (χ0) is 22.9. The molecule has 0 spiro atoms. The predicted octanol–water partition coefficient (Wildman–Crippen LogP) is 5.60. The van der Waals surface area contributed by atoms with Gasteiger partial charge in [0.1, 0.15) is 5.75 Å². The number of benzene rings is 2. The smallest absolute Gasteiger partial charge is 0.416 e. The summed E-state index contributed by atoms with van der Waals surface area (Å²) in [6, 6.07) is 12.9. The summed E-state index contributed by atoms with van der Waals surface area (Å²) in [7, 11) is 1.68. The number of hydrogen-bond acceptors (Lipinski definition) is 4. The van der Waals surface area contributed by atoms with Gasteiger partial charge in [-0.05, 0) is 55.1 Å². The van der Waals surface area contributed by atoms with Gasteiger partial charge in [-0.15, -0.1) is 0 Å². The van der Waals surface area contributed by atoms with Gasteiger partial charge in [-0.2, -0.15) is 5.10 Å². The Morgan fingerprint density at radius 1 is 1.21 bits per heavy atom. The molecule has 4 aromatic rings. The van der Waals surface area contributed by atoms with Crippen LogP contribution in [0.5, 0.6) is 5.75 Å². The molecule has 1 saturated heterocycles. The lowest BCUT2D eigenvalue weighted by atomic mass is 9.93. The molecule has 2 N–H and O–H groups in total. The molecule has 0 amide bonds. The Kier molecular flexibility index (Phi) is 5.64. The maximum atomic E-state index is 11.7. The highest BCUT2D eigenvalue weighted by molar-refractivity contribution is 5.94. The Morgan fingerprint density at radius 3 is 2.73 bits per heavy atom. The van der Waals surface area contributed by atoms with Crippen LogP contribution in [0.25, 0.3) is 22.0 Å². The number of rotatable bonds is 5. The number of fused-ring (bicyclic) bond motifs is 1. The summed E-state index contributed by atoms with van der Waals surface area (Å²) in [6.45, 7) is 3.63. The summed E-state index contributed by atoms with van der Waals surface area (Å²) in [5.41, 5.74) is 6.19. The molecule has 2 aromatic carbocycles. The van der Waals surface area contributed by atoms with Crippen molar-refractivity contribution in [3.05, 3.63) is 71.7 Å². The first kappa shape index (κ1) is 21.3. The van der Waals surface area contributed by atoms with Crippen molar-refractivity contribution >= 4 is 17.0 Å². The average molecular weight is 445 g/mol. The number of nitrogens with one attached hydrogen (secondary N) is 1. The summed E-state index contributed by atoms with van der Waals surface area (Å²) in [6.07, 6.45) is 7.83. The first-order valence-electron chi connectivity index (χ1n) is 11.3. The number of methoxy groups -OCH3 is 1. The van der Waals surface area contributed by atoms with Crippen LogP contribution in [0.1, 0.15) is 42.0 Å². The fourth-order valence-corrected chi connectivity index (χ4v) is 5.14. The first-order chi connectivity index (χ1) is 16.1. The second-order valence-corrected chi connectivity index (χ2v) is 8.70. The van der Waals surface area contributed by atoms with Gasteiger partial charge in [0, 0.05) is 41.5 Å². The van der Waals surface area contributed by atoms with E-state index in [-0.39, 0.29) is 0 Å². The molecule has 0 saturated carbocycles. The van der Waals surface area contributed by atoms with Gasteiger partial charge >= 0.3 is 6.09 Å². The van der Waals surface area contributed by atoms with E-state index in [4.69, 9.17) is 4.74 Å². The van der Waals surface area contributed by atoms with Crippen molar-refractivity contribution in [2.24, 2.45) is 0 Å². The normalized spacial score (nSPS) is 16.8. The minimum atomic E-state index is -0.974. The van der Waals surface area contributed by atoms with Crippen molar-refractivity contribution in [1.29, 1.82) is 0 Å². The number of carboxylic acid groups (broad SMARTS) is 1. The molecule has 1 fully saturated rings. The second kappa shape index (κ2) is 8.75. The molecule has 7 nitrogen and oxygen atoms in total. The van der Waals surface area contributed by atoms with Gasteiger partial charge in [-0.1, -0.05) is 30.7 Å². The van der Waals surface area contributed by atoms with E-state index in [0.717, 1.165) is 58.3 Å². The van der Waals surface area contributed by atoms with Gasteiger partial charge in [0.15, 0.2) is 0 Å². The third-order valence-electron chi connectivity index (χ3n) is 6.76. The number of piperidine rings is 1. The fraction of sp³-hybridized carbons (Fsp3) is 0.308. The van der Waals surface area contributed by atoms with Crippen molar-refractivity contribution in [1.82, 2.24) is 19.7 Å². The van der Waals surface area contributed by atoms with E-state index < -0.39 is 6.09 Å². The largest absolute Gasteiger partial charge is 0.496 e. The van der Waals surface area contributed by atoms with E-state index in [1.54, 1.807) is 13.3 Å². The number of H-pyrrole nitrogens is 1. The summed E-state index contributed by atoms with van der Waals surface area (Å²) in [5.74, 6) is 0.808. The van der Waals surface area contributed by atoms with Gasteiger partial charge in [0.05, 0.1) is 18.8 Å². The molecular weight excluding hydrogens is 416 g/mol. The third-order valence-corrected chi connectivity index (χ3v) is 6.76. The molecule has 33 heavy (non-hydrogen) atoms. The molecule has 0 radical (unpaired) electrons. The lowest BCUT2D eigenvalue weighted by Gasteiger charge is -2.36. The molecule has 1 atom stereocenters. The maximum Gasteiger partial charge on any atom is 0.416 e.